The number of imidazole rings is 2. The summed E-state index contributed by atoms with van der Waals surface area (Å²) in [4.78, 5) is 28.0. The molecule has 0 bridgehead atoms. The smallest absolute Gasteiger partial charge is 0.399 e. The van der Waals surface area contributed by atoms with E-state index in [4.69, 9.17) is 9.31 Å². The normalized spacial score (nSPS) is 16.2. The Bertz CT molecular complexity index is 1350. The Balaban J connectivity index is 0.000000180. The molecule has 176 valence electrons. The third-order valence-corrected chi connectivity index (χ3v) is 6.63. The van der Waals surface area contributed by atoms with Gasteiger partial charge in [-0.05, 0) is 69.6 Å². The van der Waals surface area contributed by atoms with Crippen molar-refractivity contribution in [2.24, 2.45) is 0 Å². The van der Waals surface area contributed by atoms with Crippen LogP contribution in [0.5, 0.6) is 0 Å². The van der Waals surface area contributed by atoms with E-state index in [2.05, 4.69) is 25.9 Å². The van der Waals surface area contributed by atoms with Gasteiger partial charge in [-0.25, -0.2) is 9.59 Å². The van der Waals surface area contributed by atoms with E-state index >= 15 is 0 Å². The molecule has 0 aliphatic carbocycles. The number of hydrogen-bond acceptors (Lipinski definition) is 4. The summed E-state index contributed by atoms with van der Waals surface area (Å²) in [5.41, 5.74) is 1.62. The van der Waals surface area contributed by atoms with Gasteiger partial charge in [-0.15, -0.1) is 0 Å². The van der Waals surface area contributed by atoms with Gasteiger partial charge < -0.3 is 19.3 Å². The monoisotopic (exact) mass is 524 g/mol. The average Bonchev–Trinajstić information content (AvgIpc) is 3.47. The van der Waals surface area contributed by atoms with Crippen molar-refractivity contribution < 1.29 is 9.31 Å². The van der Waals surface area contributed by atoms with E-state index in [1.54, 1.807) is 33.9 Å². The molecule has 8 nitrogen and oxygen atoms in total. The minimum atomic E-state index is -0.382. The summed E-state index contributed by atoms with van der Waals surface area (Å²) in [5.74, 6) is 0. The first-order valence-corrected chi connectivity index (χ1v) is 11.6. The molecule has 1 aliphatic heterocycles. The van der Waals surface area contributed by atoms with Crippen LogP contribution in [-0.4, -0.2) is 37.4 Å². The molecule has 0 spiro atoms. The zero-order chi connectivity index (χ0) is 24.5. The number of aromatic nitrogens is 4. The lowest BCUT2D eigenvalue weighted by Crippen LogP contribution is -2.41. The van der Waals surface area contributed by atoms with Crippen molar-refractivity contribution in [1.82, 2.24) is 19.1 Å². The van der Waals surface area contributed by atoms with E-state index in [1.165, 1.54) is 0 Å². The van der Waals surface area contributed by atoms with Gasteiger partial charge in [0.2, 0.25) is 0 Å². The summed E-state index contributed by atoms with van der Waals surface area (Å²) in [6.45, 7) is 8.11. The third-order valence-electron chi connectivity index (χ3n) is 6.10. The highest BCUT2D eigenvalue weighted by Gasteiger charge is 2.51. The number of aromatic amines is 2. The minimum Gasteiger partial charge on any atom is -0.399 e. The van der Waals surface area contributed by atoms with Crippen molar-refractivity contribution >= 4 is 28.5 Å². The molecular weight excluding hydrogens is 499 g/mol. The zero-order valence-corrected chi connectivity index (χ0v) is 21.0. The maximum absolute atomic E-state index is 11.6. The first-order valence-electron chi connectivity index (χ1n) is 10.8. The quantitative estimate of drug-likeness (QED) is 0.402. The Kier molecular flexibility index (Phi) is 6.57. The van der Waals surface area contributed by atoms with Gasteiger partial charge in [0, 0.05) is 29.3 Å². The fourth-order valence-corrected chi connectivity index (χ4v) is 3.68. The molecule has 1 saturated heterocycles. The Morgan fingerprint density at radius 3 is 1.53 bits per heavy atom. The number of halogens is 1. The van der Waals surface area contributed by atoms with Gasteiger partial charge in [0.05, 0.1) is 22.6 Å². The molecule has 0 saturated carbocycles. The minimum absolute atomic E-state index is 0.123. The topological polar surface area (TPSA) is 94.0 Å². The Hall–Kier alpha value is -3.08. The van der Waals surface area contributed by atoms with E-state index in [0.717, 1.165) is 21.3 Å². The molecule has 0 radical (unpaired) electrons. The van der Waals surface area contributed by atoms with E-state index in [1.807, 2.05) is 76.2 Å². The molecule has 2 N–H and O–H groups in total. The summed E-state index contributed by atoms with van der Waals surface area (Å²) in [7, 11) is -0.382. The van der Waals surface area contributed by atoms with E-state index < -0.39 is 0 Å². The largest absolute Gasteiger partial charge is 0.494 e. The molecule has 3 heterocycles. The van der Waals surface area contributed by atoms with Gasteiger partial charge >= 0.3 is 18.5 Å². The van der Waals surface area contributed by atoms with Gasteiger partial charge in [-0.3, -0.25) is 9.13 Å². The van der Waals surface area contributed by atoms with Crippen molar-refractivity contribution in [1.29, 1.82) is 0 Å². The summed E-state index contributed by atoms with van der Waals surface area (Å²) in [6.07, 6.45) is 6.63. The number of nitrogens with one attached hydrogen (secondary N) is 2. The fourth-order valence-electron chi connectivity index (χ4n) is 3.42. The number of benzene rings is 2. The Labute approximate surface area is 205 Å². The summed E-state index contributed by atoms with van der Waals surface area (Å²) in [5, 5.41) is 0. The van der Waals surface area contributed by atoms with Crippen LogP contribution in [0.1, 0.15) is 27.7 Å². The van der Waals surface area contributed by atoms with Gasteiger partial charge in [0.15, 0.2) is 0 Å². The molecule has 1 fully saturated rings. The SMILES string of the molecule is CC1(C)OB(c2ccc(-n3cc[nH]c3=O)cc2)OC1(C)C.O=c1[nH]ccn1-c1ccc(Br)cc1. The van der Waals surface area contributed by atoms with E-state index in [-0.39, 0.29) is 29.7 Å². The van der Waals surface area contributed by atoms with Crippen LogP contribution in [0.15, 0.2) is 87.4 Å². The predicted octanol–water partition coefficient (Wildman–Crippen LogP) is 3.39. The predicted molar refractivity (Wildman–Crippen MR) is 136 cm³/mol. The molecule has 10 heteroatoms. The summed E-state index contributed by atoms with van der Waals surface area (Å²) < 4.78 is 16.1. The number of H-pyrrole nitrogens is 2. The lowest BCUT2D eigenvalue weighted by atomic mass is 9.79. The summed E-state index contributed by atoms with van der Waals surface area (Å²) in [6, 6.07) is 15.2. The van der Waals surface area contributed by atoms with Gasteiger partial charge in [-0.1, -0.05) is 28.1 Å². The highest BCUT2D eigenvalue weighted by molar-refractivity contribution is 9.10. The number of nitrogens with zero attached hydrogens (tertiary/aromatic N) is 2. The first-order chi connectivity index (χ1) is 16.1. The lowest BCUT2D eigenvalue weighted by molar-refractivity contribution is 0.00578. The van der Waals surface area contributed by atoms with Crippen LogP contribution in [-0.2, 0) is 9.31 Å². The molecule has 0 amide bonds. The van der Waals surface area contributed by atoms with Crippen LogP contribution in [0.25, 0.3) is 11.4 Å². The second-order valence-electron chi connectivity index (χ2n) is 8.93. The van der Waals surface area contributed by atoms with Crippen molar-refractivity contribution in [2.75, 3.05) is 0 Å². The van der Waals surface area contributed by atoms with Crippen molar-refractivity contribution in [3.05, 3.63) is 98.8 Å². The van der Waals surface area contributed by atoms with Crippen LogP contribution >= 0.6 is 15.9 Å². The molecule has 2 aromatic heterocycles. The van der Waals surface area contributed by atoms with Crippen LogP contribution in [0.4, 0.5) is 0 Å². The highest BCUT2D eigenvalue weighted by Crippen LogP contribution is 2.36. The zero-order valence-electron chi connectivity index (χ0n) is 19.4. The standard InChI is InChI=1S/C15H19BN2O3.C9H7BrN2O/c1-14(2)15(3,4)21-16(20-14)11-5-7-12(8-6-11)18-10-9-17-13(18)19;10-7-1-3-8(4-2-7)12-6-5-11-9(12)13/h5-10H,1-4H3,(H,17,19);1-6H,(H,11,13). The molecule has 2 aromatic carbocycles. The Morgan fingerprint density at radius 1 is 0.735 bits per heavy atom. The van der Waals surface area contributed by atoms with Crippen molar-refractivity contribution in [3.8, 4) is 11.4 Å². The second kappa shape index (κ2) is 9.29. The molecule has 0 atom stereocenters. The van der Waals surface area contributed by atoms with Crippen molar-refractivity contribution in [2.45, 2.75) is 38.9 Å². The number of rotatable bonds is 3. The molecule has 1 aliphatic rings. The number of hydrogen-bond donors (Lipinski definition) is 2. The second-order valence-corrected chi connectivity index (χ2v) is 9.84. The van der Waals surface area contributed by atoms with E-state index in [0.29, 0.717) is 0 Å². The maximum Gasteiger partial charge on any atom is 0.494 e. The lowest BCUT2D eigenvalue weighted by Gasteiger charge is -2.32. The first kappa shape index (κ1) is 24.1. The third kappa shape index (κ3) is 4.89. The van der Waals surface area contributed by atoms with Crippen LogP contribution in [0.2, 0.25) is 0 Å². The van der Waals surface area contributed by atoms with Gasteiger partial charge in [0.25, 0.3) is 0 Å². The van der Waals surface area contributed by atoms with Crippen LogP contribution in [0.3, 0.4) is 0 Å². The van der Waals surface area contributed by atoms with E-state index in [9.17, 15) is 9.59 Å². The molecular formula is C24H26BBrN4O4. The van der Waals surface area contributed by atoms with Crippen LogP contribution < -0.4 is 16.8 Å². The summed E-state index contributed by atoms with van der Waals surface area (Å²) >= 11 is 3.33. The molecule has 0 unspecified atom stereocenters. The maximum atomic E-state index is 11.6. The Morgan fingerprint density at radius 2 is 1.15 bits per heavy atom. The van der Waals surface area contributed by atoms with Gasteiger partial charge in [-0.2, -0.15) is 0 Å². The van der Waals surface area contributed by atoms with Crippen molar-refractivity contribution in [3.63, 3.8) is 0 Å². The molecule has 5 rings (SSSR count). The average molecular weight is 525 g/mol. The highest BCUT2D eigenvalue weighted by atomic mass is 79.9. The van der Waals surface area contributed by atoms with Crippen LogP contribution in [0, 0.1) is 0 Å². The fraction of sp³-hybridized carbons (Fsp3) is 0.250. The molecule has 34 heavy (non-hydrogen) atoms. The molecule has 4 aromatic rings. The van der Waals surface area contributed by atoms with Gasteiger partial charge in [0.1, 0.15) is 0 Å².